The Bertz CT molecular complexity index is 690. The van der Waals surface area contributed by atoms with Crippen LogP contribution in [0.2, 0.25) is 0 Å². The lowest BCUT2D eigenvalue weighted by molar-refractivity contribution is -0.119. The van der Waals surface area contributed by atoms with Gasteiger partial charge in [-0.25, -0.2) is 4.79 Å². The minimum atomic E-state index is -4.59. The molecule has 0 fully saturated rings. The first-order chi connectivity index (χ1) is 10.9. The Morgan fingerprint density at radius 3 is 2.17 bits per heavy atom. The van der Waals surface area contributed by atoms with Crippen molar-refractivity contribution in [3.8, 4) is 5.75 Å². The van der Waals surface area contributed by atoms with Crippen molar-refractivity contribution in [2.45, 2.75) is 45.8 Å². The van der Waals surface area contributed by atoms with Crippen molar-refractivity contribution in [1.82, 2.24) is 5.32 Å². The molecule has 1 aromatic carbocycles. The molecule has 2 N–H and O–H groups in total. The third kappa shape index (κ3) is 7.93. The maximum absolute atomic E-state index is 11.8. The summed E-state index contributed by atoms with van der Waals surface area (Å²) in [5.41, 5.74) is -0.0193. The molecule has 0 saturated heterocycles. The zero-order valence-corrected chi connectivity index (χ0v) is 14.7. The molecule has 0 heterocycles. The summed E-state index contributed by atoms with van der Waals surface area (Å²) in [6.07, 6.45) is -0.505. The maximum atomic E-state index is 11.8. The SMILES string of the molecule is CC(=O)[C@H](Cc1ccc(OS(=O)(=O)O)cc1)NC(=O)OC(C)(C)C. The van der Waals surface area contributed by atoms with Gasteiger partial charge in [-0.2, -0.15) is 8.42 Å². The van der Waals surface area contributed by atoms with E-state index >= 15 is 0 Å². The van der Waals surface area contributed by atoms with Crippen LogP contribution < -0.4 is 9.50 Å². The van der Waals surface area contributed by atoms with Gasteiger partial charge < -0.3 is 14.2 Å². The number of benzene rings is 1. The van der Waals surface area contributed by atoms with Gasteiger partial charge in [0.2, 0.25) is 0 Å². The average molecular weight is 359 g/mol. The van der Waals surface area contributed by atoms with Gasteiger partial charge in [-0.3, -0.25) is 9.35 Å². The summed E-state index contributed by atoms with van der Waals surface area (Å²) in [4.78, 5) is 23.5. The van der Waals surface area contributed by atoms with E-state index in [0.717, 1.165) is 0 Å². The fraction of sp³-hybridized carbons (Fsp3) is 0.467. The summed E-state index contributed by atoms with van der Waals surface area (Å²) in [6, 6.07) is 4.91. The molecular formula is C15H21NO7S. The molecule has 134 valence electrons. The van der Waals surface area contributed by atoms with Crippen LogP contribution in [0.5, 0.6) is 5.75 Å². The number of rotatable bonds is 6. The third-order valence-electron chi connectivity index (χ3n) is 2.75. The number of carbonyl (C=O) groups excluding carboxylic acids is 2. The van der Waals surface area contributed by atoms with Crippen molar-refractivity contribution in [3.63, 3.8) is 0 Å². The van der Waals surface area contributed by atoms with Gasteiger partial charge in [-0.1, -0.05) is 12.1 Å². The van der Waals surface area contributed by atoms with Gasteiger partial charge in [0.25, 0.3) is 0 Å². The first-order valence-electron chi connectivity index (χ1n) is 7.11. The van der Waals surface area contributed by atoms with Crippen LogP contribution in [0.15, 0.2) is 24.3 Å². The van der Waals surface area contributed by atoms with Gasteiger partial charge in [0.05, 0.1) is 6.04 Å². The Morgan fingerprint density at radius 1 is 1.21 bits per heavy atom. The van der Waals surface area contributed by atoms with E-state index in [-0.39, 0.29) is 18.0 Å². The van der Waals surface area contributed by atoms with E-state index in [0.29, 0.717) is 5.56 Å². The predicted molar refractivity (Wildman–Crippen MR) is 86.2 cm³/mol. The van der Waals surface area contributed by atoms with Crippen LogP contribution in [0, 0.1) is 0 Å². The summed E-state index contributed by atoms with van der Waals surface area (Å²) in [5, 5.41) is 2.50. The molecule has 0 aliphatic rings. The van der Waals surface area contributed by atoms with E-state index in [1.807, 2.05) is 0 Å². The van der Waals surface area contributed by atoms with Crippen LogP contribution in [0.25, 0.3) is 0 Å². The van der Waals surface area contributed by atoms with Crippen LogP contribution in [0.1, 0.15) is 33.3 Å². The summed E-state index contributed by atoms with van der Waals surface area (Å²) < 4.78 is 39.2. The molecule has 24 heavy (non-hydrogen) atoms. The lowest BCUT2D eigenvalue weighted by atomic mass is 10.0. The summed E-state index contributed by atoms with van der Waals surface area (Å²) in [7, 11) is -4.59. The van der Waals surface area contributed by atoms with Crippen LogP contribution in [0.3, 0.4) is 0 Å². The lowest BCUT2D eigenvalue weighted by Gasteiger charge is -2.22. The van der Waals surface area contributed by atoms with Crippen LogP contribution in [-0.2, 0) is 26.4 Å². The summed E-state index contributed by atoms with van der Waals surface area (Å²) in [6.45, 7) is 6.48. The number of Topliss-reactive ketones (excluding diaryl/α,β-unsaturated/α-hetero) is 1. The largest absolute Gasteiger partial charge is 0.446 e. The van der Waals surface area contributed by atoms with Crippen LogP contribution >= 0.6 is 0 Å². The third-order valence-corrected chi connectivity index (χ3v) is 3.15. The van der Waals surface area contributed by atoms with Crippen molar-refractivity contribution in [2.75, 3.05) is 0 Å². The van der Waals surface area contributed by atoms with Gasteiger partial charge in [0, 0.05) is 0 Å². The molecule has 1 atom stereocenters. The summed E-state index contributed by atoms with van der Waals surface area (Å²) in [5.74, 6) is -0.320. The molecule has 0 aliphatic heterocycles. The second kappa shape index (κ2) is 7.63. The van der Waals surface area contributed by atoms with Crippen molar-refractivity contribution in [1.29, 1.82) is 0 Å². The highest BCUT2D eigenvalue weighted by atomic mass is 32.3. The predicted octanol–water partition coefficient (Wildman–Crippen LogP) is 1.89. The molecule has 1 amide bonds. The molecule has 9 heteroatoms. The Balaban J connectivity index is 2.75. The average Bonchev–Trinajstić information content (AvgIpc) is 2.36. The number of hydrogen-bond acceptors (Lipinski definition) is 6. The van der Waals surface area contributed by atoms with E-state index in [2.05, 4.69) is 9.50 Å². The van der Waals surface area contributed by atoms with Crippen molar-refractivity contribution < 1.29 is 31.5 Å². The van der Waals surface area contributed by atoms with E-state index < -0.39 is 28.1 Å². The minimum Gasteiger partial charge on any atom is -0.444 e. The molecule has 0 spiro atoms. The van der Waals surface area contributed by atoms with Crippen LogP contribution in [0.4, 0.5) is 4.79 Å². The number of carbonyl (C=O) groups is 2. The molecule has 0 radical (unpaired) electrons. The standard InChI is InChI=1S/C15H21NO7S/c1-10(17)13(16-14(18)22-15(2,3)4)9-11-5-7-12(8-6-11)23-24(19,20)21/h5-8,13H,9H2,1-4H3,(H,16,18)(H,19,20,21)/t13-/m0/s1. The Hall–Kier alpha value is -2.13. The van der Waals surface area contributed by atoms with Gasteiger partial charge >= 0.3 is 16.5 Å². The topological polar surface area (TPSA) is 119 Å². The van der Waals surface area contributed by atoms with Crippen molar-refractivity contribution in [2.24, 2.45) is 0 Å². The molecule has 0 aliphatic carbocycles. The van der Waals surface area contributed by atoms with Gasteiger partial charge in [-0.05, 0) is 51.8 Å². The van der Waals surface area contributed by atoms with Crippen molar-refractivity contribution in [3.05, 3.63) is 29.8 Å². The Labute approximate surface area is 141 Å². The number of alkyl carbamates (subject to hydrolysis) is 1. The molecular weight excluding hydrogens is 338 g/mol. The number of nitrogens with one attached hydrogen (secondary N) is 1. The number of amides is 1. The number of ketones is 1. The van der Waals surface area contributed by atoms with Gasteiger partial charge in [0.15, 0.2) is 5.78 Å². The number of ether oxygens (including phenoxy) is 1. The van der Waals surface area contributed by atoms with Crippen molar-refractivity contribution >= 4 is 22.3 Å². The second-order valence-electron chi connectivity index (χ2n) is 6.17. The van der Waals surface area contributed by atoms with E-state index in [9.17, 15) is 18.0 Å². The smallest absolute Gasteiger partial charge is 0.444 e. The molecule has 0 unspecified atom stereocenters. The highest BCUT2D eigenvalue weighted by Gasteiger charge is 2.22. The highest BCUT2D eigenvalue weighted by Crippen LogP contribution is 2.15. The van der Waals surface area contributed by atoms with E-state index in [4.69, 9.17) is 9.29 Å². The second-order valence-corrected chi connectivity index (χ2v) is 7.19. The zero-order valence-electron chi connectivity index (χ0n) is 13.9. The zero-order chi connectivity index (χ0) is 18.5. The Kier molecular flexibility index (Phi) is 6.33. The highest BCUT2D eigenvalue weighted by molar-refractivity contribution is 7.81. The van der Waals surface area contributed by atoms with Crippen LogP contribution in [-0.4, -0.2) is 36.5 Å². The molecule has 0 bridgehead atoms. The normalized spacial score (nSPS) is 13.0. The number of hydrogen-bond donors (Lipinski definition) is 2. The van der Waals surface area contributed by atoms with Gasteiger partial charge in [0.1, 0.15) is 11.4 Å². The Morgan fingerprint density at radius 2 is 1.75 bits per heavy atom. The fourth-order valence-corrected chi connectivity index (χ4v) is 2.14. The van der Waals surface area contributed by atoms with E-state index in [1.54, 1.807) is 20.8 Å². The first kappa shape index (κ1) is 19.9. The maximum Gasteiger partial charge on any atom is 0.446 e. The van der Waals surface area contributed by atoms with E-state index in [1.165, 1.54) is 31.2 Å². The summed E-state index contributed by atoms with van der Waals surface area (Å²) >= 11 is 0. The van der Waals surface area contributed by atoms with Gasteiger partial charge in [-0.15, -0.1) is 0 Å². The monoisotopic (exact) mass is 359 g/mol. The minimum absolute atomic E-state index is 0.0688. The molecule has 1 aromatic rings. The molecule has 0 saturated carbocycles. The molecule has 1 rings (SSSR count). The molecule has 8 nitrogen and oxygen atoms in total. The lowest BCUT2D eigenvalue weighted by Crippen LogP contribution is -2.43. The molecule has 0 aromatic heterocycles. The quantitative estimate of drug-likeness (QED) is 0.744. The fourth-order valence-electron chi connectivity index (χ4n) is 1.78. The first-order valence-corrected chi connectivity index (χ1v) is 8.48.